The summed E-state index contributed by atoms with van der Waals surface area (Å²) in [7, 11) is 0. The Bertz CT molecular complexity index is 341. The van der Waals surface area contributed by atoms with Crippen molar-refractivity contribution in [3.05, 3.63) is 27.3 Å². The number of carbonyl (C=O) groups excluding carboxylic acids is 1. The first-order chi connectivity index (χ1) is 6.69. The Balaban J connectivity index is 2.94. The molecule has 1 nitrogen and oxygen atoms in total. The molecule has 0 radical (unpaired) electrons. The fourth-order valence-electron chi connectivity index (χ4n) is 1.07. The number of benzene rings is 1. The molecule has 0 spiro atoms. The van der Waals surface area contributed by atoms with Crippen LogP contribution in [0.4, 0.5) is 0 Å². The van der Waals surface area contributed by atoms with Crippen LogP contribution in [0.15, 0.2) is 23.1 Å². The Labute approximate surface area is 110 Å². The highest BCUT2D eigenvalue weighted by atomic mass is 127. The zero-order chi connectivity index (χ0) is 10.6. The number of hydrogen-bond donors (Lipinski definition) is 0. The minimum absolute atomic E-state index is 0.207. The van der Waals surface area contributed by atoms with Gasteiger partial charge in [-0.3, -0.25) is 4.79 Å². The Morgan fingerprint density at radius 1 is 1.57 bits per heavy atom. The Morgan fingerprint density at radius 2 is 2.29 bits per heavy atom. The van der Waals surface area contributed by atoms with Crippen molar-refractivity contribution in [3.8, 4) is 0 Å². The molecule has 0 heterocycles. The van der Waals surface area contributed by atoms with Gasteiger partial charge in [0, 0.05) is 25.8 Å². The number of halogens is 2. The quantitative estimate of drug-likeness (QED) is 0.338. The van der Waals surface area contributed by atoms with Crippen LogP contribution < -0.4 is 0 Å². The van der Waals surface area contributed by atoms with Gasteiger partial charge in [-0.2, -0.15) is 0 Å². The second-order valence-corrected chi connectivity index (χ2v) is 5.54. The molecule has 0 aromatic heterocycles. The first-order valence-electron chi connectivity index (χ1n) is 4.11. The summed E-state index contributed by atoms with van der Waals surface area (Å²) in [5.41, 5.74) is 0.836. The van der Waals surface area contributed by atoms with E-state index >= 15 is 0 Å². The fourth-order valence-corrected chi connectivity index (χ4v) is 2.90. The van der Waals surface area contributed by atoms with Crippen molar-refractivity contribution in [1.29, 1.82) is 0 Å². The molecule has 0 saturated carbocycles. The molecule has 0 bridgehead atoms. The van der Waals surface area contributed by atoms with Crippen LogP contribution >= 0.6 is 50.3 Å². The van der Waals surface area contributed by atoms with Gasteiger partial charge in [-0.1, -0.05) is 15.9 Å². The molecule has 0 N–H and O–H groups in total. The van der Waals surface area contributed by atoms with E-state index in [2.05, 4.69) is 38.5 Å². The Hall–Kier alpha value is 0.450. The van der Waals surface area contributed by atoms with Gasteiger partial charge in [0.2, 0.25) is 0 Å². The molecule has 14 heavy (non-hydrogen) atoms. The van der Waals surface area contributed by atoms with E-state index in [9.17, 15) is 4.79 Å². The molecular weight excluding hydrogens is 375 g/mol. The number of thioether (sulfide) groups is 1. The number of carbonyl (C=O) groups is 1. The summed E-state index contributed by atoms with van der Waals surface area (Å²) < 4.78 is 1.04. The molecule has 1 aromatic carbocycles. The van der Waals surface area contributed by atoms with Crippen molar-refractivity contribution in [2.45, 2.75) is 11.3 Å². The third-order valence-corrected chi connectivity index (χ3v) is 3.81. The summed E-state index contributed by atoms with van der Waals surface area (Å²) >= 11 is 7.18. The number of alkyl halides is 1. The maximum absolute atomic E-state index is 11.6. The standard InChI is InChI=1S/C10H10BrIOS/c1-14-7-2-3-8(9(12)6-7)10(13)4-5-11/h2-3,6H,4-5H2,1H3. The van der Waals surface area contributed by atoms with Gasteiger partial charge in [-0.25, -0.2) is 0 Å². The topological polar surface area (TPSA) is 17.1 Å². The van der Waals surface area contributed by atoms with Gasteiger partial charge < -0.3 is 0 Å². The summed E-state index contributed by atoms with van der Waals surface area (Å²) in [6.45, 7) is 0. The molecule has 1 aromatic rings. The summed E-state index contributed by atoms with van der Waals surface area (Å²) in [4.78, 5) is 12.8. The van der Waals surface area contributed by atoms with Crippen LogP contribution in [0.2, 0.25) is 0 Å². The Morgan fingerprint density at radius 3 is 2.79 bits per heavy atom. The number of rotatable bonds is 4. The average molecular weight is 385 g/mol. The lowest BCUT2D eigenvalue weighted by Gasteiger charge is -2.04. The van der Waals surface area contributed by atoms with E-state index in [4.69, 9.17) is 0 Å². The lowest BCUT2D eigenvalue weighted by Crippen LogP contribution is -2.02. The van der Waals surface area contributed by atoms with Gasteiger partial charge in [0.25, 0.3) is 0 Å². The Kier molecular flexibility index (Phi) is 5.48. The normalized spacial score (nSPS) is 10.2. The van der Waals surface area contributed by atoms with E-state index in [1.165, 1.54) is 4.90 Å². The maximum atomic E-state index is 11.6. The second kappa shape index (κ2) is 6.12. The van der Waals surface area contributed by atoms with E-state index in [1.807, 2.05) is 24.5 Å². The molecule has 0 fully saturated rings. The molecule has 76 valence electrons. The van der Waals surface area contributed by atoms with Crippen LogP contribution in [-0.2, 0) is 0 Å². The first-order valence-corrected chi connectivity index (χ1v) is 7.54. The van der Waals surface area contributed by atoms with Gasteiger partial charge >= 0.3 is 0 Å². The van der Waals surface area contributed by atoms with E-state index in [1.54, 1.807) is 11.8 Å². The number of Topliss-reactive ketones (excluding diaryl/α,β-unsaturated/α-hetero) is 1. The third-order valence-electron chi connectivity index (χ3n) is 1.80. The van der Waals surface area contributed by atoms with Gasteiger partial charge in [0.15, 0.2) is 5.78 Å². The van der Waals surface area contributed by atoms with Crippen molar-refractivity contribution in [2.75, 3.05) is 11.6 Å². The SMILES string of the molecule is CSc1ccc(C(=O)CCBr)c(I)c1. The largest absolute Gasteiger partial charge is 0.294 e. The number of ketones is 1. The van der Waals surface area contributed by atoms with Crippen molar-refractivity contribution in [3.63, 3.8) is 0 Å². The molecule has 0 amide bonds. The zero-order valence-electron chi connectivity index (χ0n) is 7.72. The lowest BCUT2D eigenvalue weighted by molar-refractivity contribution is 0.0989. The van der Waals surface area contributed by atoms with Crippen molar-refractivity contribution in [2.24, 2.45) is 0 Å². The van der Waals surface area contributed by atoms with E-state index in [0.29, 0.717) is 6.42 Å². The average Bonchev–Trinajstić information content (AvgIpc) is 2.17. The van der Waals surface area contributed by atoms with Crippen molar-refractivity contribution < 1.29 is 4.79 Å². The molecule has 0 aliphatic carbocycles. The van der Waals surface area contributed by atoms with Crippen LogP contribution in [0.3, 0.4) is 0 Å². The molecule has 0 aliphatic heterocycles. The highest BCUT2D eigenvalue weighted by molar-refractivity contribution is 14.1. The van der Waals surface area contributed by atoms with Gasteiger partial charge in [-0.15, -0.1) is 11.8 Å². The van der Waals surface area contributed by atoms with Crippen molar-refractivity contribution in [1.82, 2.24) is 0 Å². The molecule has 0 atom stereocenters. The predicted octanol–water partition coefficient (Wildman–Crippen LogP) is 3.98. The van der Waals surface area contributed by atoms with Crippen LogP contribution in [0, 0.1) is 3.57 Å². The molecule has 0 saturated heterocycles. The molecular formula is C10H10BrIOS. The minimum atomic E-state index is 0.207. The summed E-state index contributed by atoms with van der Waals surface area (Å²) in [6.07, 6.45) is 2.60. The van der Waals surface area contributed by atoms with Gasteiger partial charge in [0.1, 0.15) is 0 Å². The molecule has 0 unspecified atom stereocenters. The fraction of sp³-hybridized carbons (Fsp3) is 0.300. The maximum Gasteiger partial charge on any atom is 0.164 e. The third kappa shape index (κ3) is 3.24. The predicted molar refractivity (Wildman–Crippen MR) is 73.7 cm³/mol. The molecule has 0 aliphatic rings. The first kappa shape index (κ1) is 12.5. The summed E-state index contributed by atoms with van der Waals surface area (Å²) in [6, 6.07) is 5.96. The van der Waals surface area contributed by atoms with Crippen LogP contribution in [0.1, 0.15) is 16.8 Å². The smallest absolute Gasteiger partial charge is 0.164 e. The molecule has 1 rings (SSSR count). The van der Waals surface area contributed by atoms with Gasteiger partial charge in [-0.05, 0) is 47.0 Å². The van der Waals surface area contributed by atoms with E-state index in [-0.39, 0.29) is 5.78 Å². The summed E-state index contributed by atoms with van der Waals surface area (Å²) in [5.74, 6) is 0.207. The monoisotopic (exact) mass is 384 g/mol. The highest BCUT2D eigenvalue weighted by Crippen LogP contribution is 2.22. The lowest BCUT2D eigenvalue weighted by atomic mass is 10.1. The summed E-state index contributed by atoms with van der Waals surface area (Å²) in [5, 5.41) is 0.728. The minimum Gasteiger partial charge on any atom is -0.294 e. The number of hydrogen-bond acceptors (Lipinski definition) is 2. The van der Waals surface area contributed by atoms with E-state index in [0.717, 1.165) is 14.5 Å². The van der Waals surface area contributed by atoms with Gasteiger partial charge in [0.05, 0.1) is 0 Å². The zero-order valence-corrected chi connectivity index (χ0v) is 12.3. The van der Waals surface area contributed by atoms with Crippen molar-refractivity contribution >= 4 is 56.1 Å². The van der Waals surface area contributed by atoms with E-state index < -0.39 is 0 Å². The molecule has 4 heteroatoms. The highest BCUT2D eigenvalue weighted by Gasteiger charge is 2.09. The second-order valence-electron chi connectivity index (χ2n) is 2.71. The van der Waals surface area contributed by atoms with Crippen LogP contribution in [0.25, 0.3) is 0 Å². The van der Waals surface area contributed by atoms with Crippen LogP contribution in [0.5, 0.6) is 0 Å². The van der Waals surface area contributed by atoms with Crippen LogP contribution in [-0.4, -0.2) is 17.4 Å².